The van der Waals surface area contributed by atoms with E-state index in [9.17, 15) is 4.79 Å². The molecule has 2 aromatic rings. The predicted molar refractivity (Wildman–Crippen MR) is 108 cm³/mol. The first kappa shape index (κ1) is 18.7. The normalized spacial score (nSPS) is 21.7. The van der Waals surface area contributed by atoms with Crippen LogP contribution < -0.4 is 4.74 Å². The number of hydrogen-bond acceptors (Lipinski definition) is 5. The van der Waals surface area contributed by atoms with E-state index in [0.717, 1.165) is 16.9 Å². The second kappa shape index (κ2) is 8.07. The van der Waals surface area contributed by atoms with Crippen LogP contribution in [0.25, 0.3) is 0 Å². The first-order valence-corrected chi connectivity index (χ1v) is 9.86. The summed E-state index contributed by atoms with van der Waals surface area (Å²) in [5.41, 5.74) is 0.527. The first-order chi connectivity index (χ1) is 12.6. The summed E-state index contributed by atoms with van der Waals surface area (Å²) in [7, 11) is 1.62. The maximum absolute atomic E-state index is 12.8. The maximum atomic E-state index is 12.8. The minimum atomic E-state index is -1.18. The molecule has 1 heterocycles. The van der Waals surface area contributed by atoms with E-state index in [1.54, 1.807) is 14.0 Å². The summed E-state index contributed by atoms with van der Waals surface area (Å²) in [6.45, 7) is 2.08. The Morgan fingerprint density at radius 3 is 2.46 bits per heavy atom. The molecule has 0 bridgehead atoms. The lowest BCUT2D eigenvalue weighted by molar-refractivity contribution is -0.160. The molecule has 26 heavy (non-hydrogen) atoms. The summed E-state index contributed by atoms with van der Waals surface area (Å²) < 4.78 is 17.1. The molecule has 2 aromatic carbocycles. The van der Waals surface area contributed by atoms with E-state index in [1.807, 2.05) is 54.6 Å². The molecule has 0 aliphatic carbocycles. The number of halogens is 1. The van der Waals surface area contributed by atoms with Crippen LogP contribution in [0.4, 0.5) is 0 Å². The fraction of sp³-hybridized carbons (Fsp3) is 0.300. The minimum absolute atomic E-state index is 0.288. The van der Waals surface area contributed by atoms with Crippen molar-refractivity contribution in [3.63, 3.8) is 0 Å². The third-order valence-corrected chi connectivity index (χ3v) is 5.37. The smallest absolute Gasteiger partial charge is 0.354 e. The largest absolute Gasteiger partial charge is 0.497 e. The summed E-state index contributed by atoms with van der Waals surface area (Å²) in [6.07, 6.45) is 0. The Labute approximate surface area is 166 Å². The van der Waals surface area contributed by atoms with Gasteiger partial charge in [-0.25, -0.2) is 9.79 Å². The van der Waals surface area contributed by atoms with Crippen LogP contribution in [0.15, 0.2) is 59.6 Å². The van der Waals surface area contributed by atoms with Gasteiger partial charge in [0.25, 0.3) is 0 Å². The molecule has 0 radical (unpaired) electrons. The number of rotatable bonds is 6. The van der Waals surface area contributed by atoms with E-state index in [2.05, 4.69) is 22.6 Å². The molecular formula is C20H20INO4. The number of ether oxygens (including phenoxy) is 3. The molecular weight excluding hydrogens is 445 g/mol. The third-order valence-electron chi connectivity index (χ3n) is 4.24. The maximum Gasteiger partial charge on any atom is 0.354 e. The van der Waals surface area contributed by atoms with Crippen molar-refractivity contribution >= 4 is 34.5 Å². The summed E-state index contributed by atoms with van der Waals surface area (Å²) >= 11 is 2.16. The van der Waals surface area contributed by atoms with Crippen molar-refractivity contribution in [2.75, 3.05) is 18.1 Å². The van der Waals surface area contributed by atoms with Crippen molar-refractivity contribution in [2.45, 2.75) is 18.6 Å². The van der Waals surface area contributed by atoms with Gasteiger partial charge >= 0.3 is 5.97 Å². The highest BCUT2D eigenvalue weighted by atomic mass is 127. The van der Waals surface area contributed by atoms with Gasteiger partial charge in [-0.15, -0.1) is 0 Å². The molecule has 0 spiro atoms. The molecule has 1 aliphatic rings. The average Bonchev–Trinajstić information content (AvgIpc) is 3.10. The van der Waals surface area contributed by atoms with Crippen molar-refractivity contribution in [1.82, 2.24) is 0 Å². The second-order valence-electron chi connectivity index (χ2n) is 5.82. The fourth-order valence-electron chi connectivity index (χ4n) is 2.88. The Hall–Kier alpha value is -2.09. The molecule has 2 atom stereocenters. The molecule has 0 N–H and O–H groups in total. The summed E-state index contributed by atoms with van der Waals surface area (Å²) in [4.78, 5) is 17.6. The van der Waals surface area contributed by atoms with Crippen LogP contribution in [-0.2, 0) is 14.3 Å². The summed E-state index contributed by atoms with van der Waals surface area (Å²) in [5.74, 6) is 0.803. The fourth-order valence-corrected chi connectivity index (χ4v) is 3.77. The zero-order valence-corrected chi connectivity index (χ0v) is 16.8. The zero-order valence-electron chi connectivity index (χ0n) is 14.6. The Bertz CT molecular complexity index is 791. The molecule has 0 saturated heterocycles. The number of hydrogen-bond donors (Lipinski definition) is 0. The Kier molecular flexibility index (Phi) is 5.80. The predicted octanol–water partition coefficient (Wildman–Crippen LogP) is 3.95. The molecule has 136 valence electrons. The van der Waals surface area contributed by atoms with Gasteiger partial charge in [-0.2, -0.15) is 0 Å². The van der Waals surface area contributed by atoms with Crippen molar-refractivity contribution in [1.29, 1.82) is 0 Å². The van der Waals surface area contributed by atoms with Crippen molar-refractivity contribution in [3.8, 4) is 5.75 Å². The molecule has 1 aliphatic heterocycles. The van der Waals surface area contributed by atoms with Crippen LogP contribution in [0.1, 0.15) is 24.1 Å². The molecule has 0 unspecified atom stereocenters. The molecule has 6 heteroatoms. The number of esters is 1. The molecule has 0 aromatic heterocycles. The van der Waals surface area contributed by atoms with E-state index in [1.165, 1.54) is 0 Å². The van der Waals surface area contributed by atoms with Crippen LogP contribution in [-0.4, -0.2) is 35.6 Å². The highest BCUT2D eigenvalue weighted by molar-refractivity contribution is 14.1. The number of carbonyl (C=O) groups is 1. The van der Waals surface area contributed by atoms with E-state index in [0.29, 0.717) is 10.3 Å². The van der Waals surface area contributed by atoms with Gasteiger partial charge in [0.2, 0.25) is 11.5 Å². The Balaban J connectivity index is 2.06. The third kappa shape index (κ3) is 3.42. The average molecular weight is 465 g/mol. The minimum Gasteiger partial charge on any atom is -0.497 e. The van der Waals surface area contributed by atoms with Gasteiger partial charge in [0.05, 0.1) is 18.1 Å². The van der Waals surface area contributed by atoms with Crippen LogP contribution in [0.5, 0.6) is 5.75 Å². The SMILES string of the molecule is CCOC(=O)[C@]1(CI)OC(c2ccccc2)=N[C@H]1c1ccc(OC)cc1. The van der Waals surface area contributed by atoms with E-state index >= 15 is 0 Å². The van der Waals surface area contributed by atoms with Crippen LogP contribution in [0.3, 0.4) is 0 Å². The van der Waals surface area contributed by atoms with Crippen LogP contribution in [0.2, 0.25) is 0 Å². The van der Waals surface area contributed by atoms with Crippen LogP contribution >= 0.6 is 22.6 Å². The summed E-state index contributed by atoms with van der Waals surface area (Å²) in [6, 6.07) is 16.6. The standard InChI is InChI=1S/C20H20INO4/c1-3-25-19(23)20(13-21)17(14-9-11-16(24-2)12-10-14)22-18(26-20)15-7-5-4-6-8-15/h4-12,17H,3,13H2,1-2H3/t17-,20+/m0/s1. The van der Waals surface area contributed by atoms with Gasteiger partial charge in [0, 0.05) is 5.56 Å². The zero-order chi connectivity index (χ0) is 18.6. The lowest BCUT2D eigenvalue weighted by atomic mass is 9.91. The Morgan fingerprint density at radius 2 is 1.88 bits per heavy atom. The van der Waals surface area contributed by atoms with Gasteiger partial charge in [-0.05, 0) is 36.8 Å². The van der Waals surface area contributed by atoms with Gasteiger partial charge in [-0.3, -0.25) is 0 Å². The quantitative estimate of drug-likeness (QED) is 0.369. The van der Waals surface area contributed by atoms with Crippen LogP contribution in [0, 0.1) is 0 Å². The van der Waals surface area contributed by atoms with E-state index < -0.39 is 17.6 Å². The van der Waals surface area contributed by atoms with Gasteiger partial charge in [-0.1, -0.05) is 52.9 Å². The molecule has 0 saturated carbocycles. The number of alkyl halides is 1. The number of nitrogens with zero attached hydrogens (tertiary/aromatic N) is 1. The monoisotopic (exact) mass is 465 g/mol. The lowest BCUT2D eigenvalue weighted by Crippen LogP contribution is -2.47. The van der Waals surface area contributed by atoms with Gasteiger partial charge in [0.15, 0.2) is 0 Å². The van der Waals surface area contributed by atoms with Crippen molar-refractivity contribution in [2.24, 2.45) is 4.99 Å². The number of carbonyl (C=O) groups excluding carboxylic acids is 1. The van der Waals surface area contributed by atoms with E-state index in [-0.39, 0.29) is 6.61 Å². The number of methoxy groups -OCH3 is 1. The number of benzene rings is 2. The molecule has 0 amide bonds. The van der Waals surface area contributed by atoms with Gasteiger partial charge in [0.1, 0.15) is 11.8 Å². The second-order valence-corrected chi connectivity index (χ2v) is 6.58. The van der Waals surface area contributed by atoms with Gasteiger partial charge < -0.3 is 14.2 Å². The highest BCUT2D eigenvalue weighted by Gasteiger charge is 2.54. The van der Waals surface area contributed by atoms with E-state index in [4.69, 9.17) is 19.2 Å². The molecule has 3 rings (SSSR count). The van der Waals surface area contributed by atoms with Crippen molar-refractivity contribution < 1.29 is 19.0 Å². The lowest BCUT2D eigenvalue weighted by Gasteiger charge is -2.29. The molecule has 0 fully saturated rings. The summed E-state index contributed by atoms with van der Waals surface area (Å²) in [5, 5.41) is 0. The Morgan fingerprint density at radius 1 is 1.19 bits per heavy atom. The topological polar surface area (TPSA) is 57.1 Å². The van der Waals surface area contributed by atoms with Crippen molar-refractivity contribution in [3.05, 3.63) is 65.7 Å². The number of aliphatic imine (C=N–C) groups is 1. The molecule has 5 nitrogen and oxygen atoms in total. The highest BCUT2D eigenvalue weighted by Crippen LogP contribution is 2.42. The first-order valence-electron chi connectivity index (χ1n) is 8.34.